The van der Waals surface area contributed by atoms with Crippen LogP contribution < -0.4 is 0 Å². The van der Waals surface area contributed by atoms with Crippen molar-refractivity contribution in [3.05, 3.63) is 0 Å². The zero-order valence-electron chi connectivity index (χ0n) is 6.99. The fourth-order valence-electron chi connectivity index (χ4n) is 1.12. The Morgan fingerprint density at radius 3 is 2.67 bits per heavy atom. The number of hydrogen-bond donors (Lipinski definition) is 0. The third-order valence-corrected chi connectivity index (χ3v) is 2.03. The molecular formula is C8H13NO3. The van der Waals surface area contributed by atoms with Crippen LogP contribution in [0.15, 0.2) is 5.16 Å². The largest absolute Gasteiger partial charge is 0.390 e. The second kappa shape index (κ2) is 3.87. The molecule has 0 atom stereocenters. The molecule has 0 unspecified atom stereocenters. The van der Waals surface area contributed by atoms with E-state index in [1.165, 1.54) is 6.42 Å². The Balaban J connectivity index is 1.61. The third-order valence-electron chi connectivity index (χ3n) is 2.03. The van der Waals surface area contributed by atoms with Crippen molar-refractivity contribution in [3.8, 4) is 0 Å². The van der Waals surface area contributed by atoms with Crippen molar-refractivity contribution in [2.75, 3.05) is 19.8 Å². The summed E-state index contributed by atoms with van der Waals surface area (Å²) in [5.74, 6) is 0. The average Bonchev–Trinajstić information content (AvgIpc) is 2.46. The molecule has 0 aromatic heterocycles. The van der Waals surface area contributed by atoms with Gasteiger partial charge >= 0.3 is 0 Å². The van der Waals surface area contributed by atoms with Crippen LogP contribution in [0.1, 0.15) is 19.3 Å². The highest BCUT2D eigenvalue weighted by Crippen LogP contribution is 2.14. The van der Waals surface area contributed by atoms with Crippen molar-refractivity contribution < 1.29 is 14.3 Å². The molecule has 4 nitrogen and oxygen atoms in total. The van der Waals surface area contributed by atoms with Crippen LogP contribution in [0.4, 0.5) is 0 Å². The molecule has 1 heterocycles. The Labute approximate surface area is 71.5 Å². The number of nitrogens with zero attached hydrogens (tertiary/aromatic N) is 1. The van der Waals surface area contributed by atoms with Gasteiger partial charge in [-0.25, -0.2) is 0 Å². The van der Waals surface area contributed by atoms with Gasteiger partial charge in [-0.2, -0.15) is 0 Å². The predicted octanol–water partition coefficient (Wildman–Crippen LogP) is 0.916. The second-order valence-electron chi connectivity index (χ2n) is 2.98. The highest BCUT2D eigenvalue weighted by atomic mass is 16.7. The third kappa shape index (κ3) is 1.95. The molecule has 4 heteroatoms. The van der Waals surface area contributed by atoms with Crippen LogP contribution >= 0.6 is 0 Å². The van der Waals surface area contributed by atoms with Crippen LogP contribution in [0.2, 0.25) is 0 Å². The first kappa shape index (κ1) is 8.01. The number of oxime groups is 1. The Hall–Kier alpha value is -0.610. The van der Waals surface area contributed by atoms with E-state index in [2.05, 4.69) is 5.16 Å². The molecule has 0 spiro atoms. The summed E-state index contributed by atoms with van der Waals surface area (Å²) in [7, 11) is 0. The lowest BCUT2D eigenvalue weighted by molar-refractivity contribution is -0.0937. The van der Waals surface area contributed by atoms with Crippen molar-refractivity contribution in [1.82, 2.24) is 0 Å². The maximum atomic E-state index is 5.17. The van der Waals surface area contributed by atoms with Crippen molar-refractivity contribution in [2.24, 2.45) is 5.16 Å². The van der Waals surface area contributed by atoms with Crippen LogP contribution in [0, 0.1) is 0 Å². The molecule has 0 N–H and O–H groups in total. The summed E-state index contributed by atoms with van der Waals surface area (Å²) >= 11 is 0. The molecule has 1 saturated heterocycles. The molecule has 2 fully saturated rings. The molecule has 0 bridgehead atoms. The Bertz CT molecular complexity index is 169. The maximum Gasteiger partial charge on any atom is 0.194 e. The van der Waals surface area contributed by atoms with Crippen LogP contribution in [0.3, 0.4) is 0 Å². The molecule has 0 radical (unpaired) electrons. The smallest absolute Gasteiger partial charge is 0.194 e. The quantitative estimate of drug-likeness (QED) is 0.593. The topological polar surface area (TPSA) is 40.0 Å². The SMILES string of the molecule is C1CC(=NOCC2OCCO2)C1. The lowest BCUT2D eigenvalue weighted by Gasteiger charge is -2.14. The van der Waals surface area contributed by atoms with Gasteiger partial charge in [0, 0.05) is 0 Å². The molecular weight excluding hydrogens is 158 g/mol. The Morgan fingerprint density at radius 1 is 1.33 bits per heavy atom. The van der Waals surface area contributed by atoms with Gasteiger partial charge in [-0.3, -0.25) is 0 Å². The Kier molecular flexibility index (Phi) is 2.58. The van der Waals surface area contributed by atoms with Crippen molar-refractivity contribution in [1.29, 1.82) is 0 Å². The van der Waals surface area contributed by atoms with E-state index < -0.39 is 0 Å². The van der Waals surface area contributed by atoms with E-state index in [0.717, 1.165) is 18.6 Å². The minimum atomic E-state index is -0.200. The minimum absolute atomic E-state index is 0.200. The molecule has 12 heavy (non-hydrogen) atoms. The van der Waals surface area contributed by atoms with Gasteiger partial charge < -0.3 is 14.3 Å². The zero-order chi connectivity index (χ0) is 8.23. The first-order valence-electron chi connectivity index (χ1n) is 4.36. The summed E-state index contributed by atoms with van der Waals surface area (Å²) in [6.07, 6.45) is 3.23. The molecule has 0 aromatic rings. The fourth-order valence-corrected chi connectivity index (χ4v) is 1.12. The van der Waals surface area contributed by atoms with Crippen LogP contribution in [-0.2, 0) is 14.3 Å². The van der Waals surface area contributed by atoms with Gasteiger partial charge in [0.15, 0.2) is 12.9 Å². The van der Waals surface area contributed by atoms with Gasteiger partial charge in [0.2, 0.25) is 0 Å². The Morgan fingerprint density at radius 2 is 2.08 bits per heavy atom. The predicted molar refractivity (Wildman–Crippen MR) is 42.9 cm³/mol. The van der Waals surface area contributed by atoms with Gasteiger partial charge in [-0.1, -0.05) is 5.16 Å². The van der Waals surface area contributed by atoms with E-state index in [0.29, 0.717) is 19.8 Å². The summed E-state index contributed by atoms with van der Waals surface area (Å²) in [5, 5.41) is 3.95. The highest BCUT2D eigenvalue weighted by molar-refractivity contribution is 5.88. The molecule has 68 valence electrons. The molecule has 1 aliphatic heterocycles. The fraction of sp³-hybridized carbons (Fsp3) is 0.875. The lowest BCUT2D eigenvalue weighted by Crippen LogP contribution is -2.16. The monoisotopic (exact) mass is 171 g/mol. The number of ether oxygens (including phenoxy) is 2. The standard InChI is InChI=1S/C8H13NO3/c1-2-7(3-1)9-12-6-8-10-4-5-11-8/h8H,1-6H2. The van der Waals surface area contributed by atoms with Crippen LogP contribution in [-0.4, -0.2) is 31.8 Å². The number of hydrogen-bond acceptors (Lipinski definition) is 4. The minimum Gasteiger partial charge on any atom is -0.390 e. The van der Waals surface area contributed by atoms with Gasteiger partial charge in [0.1, 0.15) is 0 Å². The van der Waals surface area contributed by atoms with Crippen LogP contribution in [0.5, 0.6) is 0 Å². The van der Waals surface area contributed by atoms with Crippen molar-refractivity contribution >= 4 is 5.71 Å². The molecule has 1 aliphatic carbocycles. The number of rotatable bonds is 3. The van der Waals surface area contributed by atoms with Gasteiger partial charge in [0.05, 0.1) is 18.9 Å². The lowest BCUT2D eigenvalue weighted by atomic mass is 9.98. The van der Waals surface area contributed by atoms with E-state index >= 15 is 0 Å². The summed E-state index contributed by atoms with van der Waals surface area (Å²) in [4.78, 5) is 5.06. The van der Waals surface area contributed by atoms with E-state index in [1.807, 2.05) is 0 Å². The van der Waals surface area contributed by atoms with E-state index in [9.17, 15) is 0 Å². The summed E-state index contributed by atoms with van der Waals surface area (Å²) in [5.41, 5.74) is 1.16. The normalized spacial score (nSPS) is 23.8. The first-order chi connectivity index (χ1) is 5.95. The van der Waals surface area contributed by atoms with Gasteiger partial charge in [-0.15, -0.1) is 0 Å². The van der Waals surface area contributed by atoms with Crippen molar-refractivity contribution in [2.45, 2.75) is 25.6 Å². The molecule has 0 amide bonds. The van der Waals surface area contributed by atoms with Crippen LogP contribution in [0.25, 0.3) is 0 Å². The first-order valence-corrected chi connectivity index (χ1v) is 4.36. The van der Waals surface area contributed by atoms with Gasteiger partial charge in [-0.05, 0) is 19.3 Å². The summed E-state index contributed by atoms with van der Waals surface area (Å²) < 4.78 is 10.3. The summed E-state index contributed by atoms with van der Waals surface area (Å²) in [6, 6.07) is 0. The molecule has 2 rings (SSSR count). The molecule has 1 saturated carbocycles. The maximum absolute atomic E-state index is 5.17. The molecule has 2 aliphatic rings. The second-order valence-corrected chi connectivity index (χ2v) is 2.98. The van der Waals surface area contributed by atoms with E-state index in [1.54, 1.807) is 0 Å². The average molecular weight is 171 g/mol. The van der Waals surface area contributed by atoms with Crippen molar-refractivity contribution in [3.63, 3.8) is 0 Å². The summed E-state index contributed by atoms with van der Waals surface area (Å²) in [6.45, 7) is 1.76. The molecule has 0 aromatic carbocycles. The van der Waals surface area contributed by atoms with Gasteiger partial charge in [0.25, 0.3) is 0 Å². The van der Waals surface area contributed by atoms with E-state index in [4.69, 9.17) is 14.3 Å². The van der Waals surface area contributed by atoms with E-state index in [-0.39, 0.29) is 6.29 Å². The highest BCUT2D eigenvalue weighted by Gasteiger charge is 2.17. The zero-order valence-corrected chi connectivity index (χ0v) is 6.99.